The number of ether oxygens (including phenoxy) is 1. The topological polar surface area (TPSA) is 113 Å². The second kappa shape index (κ2) is 11.1. The molecule has 1 atom stereocenters. The number of amides is 3. The Labute approximate surface area is 219 Å². The normalized spacial score (nSPS) is 14.6. The first-order valence-corrected chi connectivity index (χ1v) is 14.0. The minimum Gasteiger partial charge on any atom is -0.497 e. The second-order valence-electron chi connectivity index (χ2n) is 8.53. The standard InChI is InChI=1S/C26H27N3O6S2/c1-18-5-11-21(12-6-18)37(33,34)24(27-23(30)22-4-3-17-36-22)26(32)29-15-13-28(14-16-29)25(31)19-7-9-20(35-2)10-8-19/h3-12,17,24H,13-16H2,1-2H3,(H,27,30). The number of hydrogen-bond acceptors (Lipinski definition) is 7. The van der Waals surface area contributed by atoms with Crippen LogP contribution < -0.4 is 10.1 Å². The molecule has 11 heteroatoms. The molecule has 1 aliphatic rings. The van der Waals surface area contributed by atoms with Gasteiger partial charge in [-0.3, -0.25) is 14.4 Å². The fourth-order valence-electron chi connectivity index (χ4n) is 3.95. The molecule has 1 saturated heterocycles. The van der Waals surface area contributed by atoms with Gasteiger partial charge in [-0.1, -0.05) is 23.8 Å². The van der Waals surface area contributed by atoms with Crippen molar-refractivity contribution in [1.82, 2.24) is 15.1 Å². The van der Waals surface area contributed by atoms with E-state index in [1.54, 1.807) is 65.9 Å². The zero-order valence-corrected chi connectivity index (χ0v) is 22.1. The molecule has 4 rings (SSSR count). The van der Waals surface area contributed by atoms with Crippen LogP contribution in [-0.4, -0.2) is 74.6 Å². The molecular weight excluding hydrogens is 514 g/mol. The van der Waals surface area contributed by atoms with E-state index < -0.39 is 27.0 Å². The van der Waals surface area contributed by atoms with Crippen molar-refractivity contribution in [2.24, 2.45) is 0 Å². The largest absolute Gasteiger partial charge is 0.497 e. The number of carbonyl (C=O) groups excluding carboxylic acids is 3. The van der Waals surface area contributed by atoms with Crippen LogP contribution >= 0.6 is 11.3 Å². The van der Waals surface area contributed by atoms with Gasteiger partial charge in [-0.25, -0.2) is 8.42 Å². The lowest BCUT2D eigenvalue weighted by molar-refractivity contribution is -0.132. The highest BCUT2D eigenvalue weighted by Gasteiger charge is 2.39. The van der Waals surface area contributed by atoms with Gasteiger partial charge in [-0.2, -0.15) is 0 Å². The third-order valence-corrected chi connectivity index (χ3v) is 8.84. The number of nitrogens with zero attached hydrogens (tertiary/aromatic N) is 2. The van der Waals surface area contributed by atoms with Crippen LogP contribution in [0.2, 0.25) is 0 Å². The van der Waals surface area contributed by atoms with Crippen LogP contribution in [0.3, 0.4) is 0 Å². The van der Waals surface area contributed by atoms with Crippen LogP contribution in [0.15, 0.2) is 70.9 Å². The molecule has 2 heterocycles. The van der Waals surface area contributed by atoms with Gasteiger partial charge in [-0.05, 0) is 54.8 Å². The third-order valence-electron chi connectivity index (χ3n) is 6.11. The minimum atomic E-state index is -4.24. The van der Waals surface area contributed by atoms with E-state index in [1.807, 2.05) is 6.92 Å². The second-order valence-corrected chi connectivity index (χ2v) is 11.5. The summed E-state index contributed by atoms with van der Waals surface area (Å²) >= 11 is 1.15. The molecule has 0 aliphatic carbocycles. The van der Waals surface area contributed by atoms with Gasteiger partial charge in [0.2, 0.25) is 15.2 Å². The van der Waals surface area contributed by atoms with Gasteiger partial charge in [0, 0.05) is 31.7 Å². The zero-order valence-electron chi connectivity index (χ0n) is 20.4. The molecule has 0 spiro atoms. The number of aryl methyl sites for hydroxylation is 1. The monoisotopic (exact) mass is 541 g/mol. The lowest BCUT2D eigenvalue weighted by atomic mass is 10.1. The summed E-state index contributed by atoms with van der Waals surface area (Å²) in [4.78, 5) is 42.4. The smallest absolute Gasteiger partial charge is 0.262 e. The number of thiophene rings is 1. The molecule has 1 fully saturated rings. The Morgan fingerprint density at radius 2 is 1.54 bits per heavy atom. The number of nitrogens with one attached hydrogen (secondary N) is 1. The predicted molar refractivity (Wildman–Crippen MR) is 139 cm³/mol. The van der Waals surface area contributed by atoms with Crippen molar-refractivity contribution in [3.63, 3.8) is 0 Å². The zero-order chi connectivity index (χ0) is 26.6. The Kier molecular flexibility index (Phi) is 7.94. The van der Waals surface area contributed by atoms with Crippen LogP contribution in [0.5, 0.6) is 5.75 Å². The van der Waals surface area contributed by atoms with Crippen LogP contribution in [0.25, 0.3) is 0 Å². The number of methoxy groups -OCH3 is 1. The van der Waals surface area contributed by atoms with Crippen molar-refractivity contribution in [2.45, 2.75) is 17.2 Å². The van der Waals surface area contributed by atoms with E-state index in [4.69, 9.17) is 4.74 Å². The van der Waals surface area contributed by atoms with E-state index in [1.165, 1.54) is 17.0 Å². The Hall–Kier alpha value is -3.70. The highest BCUT2D eigenvalue weighted by Crippen LogP contribution is 2.20. The molecule has 1 aliphatic heterocycles. The van der Waals surface area contributed by atoms with Gasteiger partial charge < -0.3 is 19.9 Å². The first-order chi connectivity index (χ1) is 17.7. The van der Waals surface area contributed by atoms with Gasteiger partial charge in [-0.15, -0.1) is 11.3 Å². The SMILES string of the molecule is COc1ccc(C(=O)N2CCN(C(=O)C(NC(=O)c3cccs3)S(=O)(=O)c3ccc(C)cc3)CC2)cc1. The summed E-state index contributed by atoms with van der Waals surface area (Å²) < 4.78 is 32.1. The summed E-state index contributed by atoms with van der Waals surface area (Å²) in [7, 11) is -2.70. The summed E-state index contributed by atoms with van der Waals surface area (Å²) in [5.41, 5.74) is 1.35. The van der Waals surface area contributed by atoms with Crippen molar-refractivity contribution in [1.29, 1.82) is 0 Å². The lowest BCUT2D eigenvalue weighted by Gasteiger charge is -2.36. The number of hydrogen-bond donors (Lipinski definition) is 1. The van der Waals surface area contributed by atoms with E-state index in [0.29, 0.717) is 16.2 Å². The number of rotatable bonds is 7. The van der Waals surface area contributed by atoms with E-state index in [0.717, 1.165) is 16.9 Å². The van der Waals surface area contributed by atoms with Crippen LogP contribution in [0.4, 0.5) is 0 Å². The number of piperazine rings is 1. The Morgan fingerprint density at radius 3 is 2.11 bits per heavy atom. The molecular formula is C26H27N3O6S2. The average Bonchev–Trinajstić information content (AvgIpc) is 3.46. The average molecular weight is 542 g/mol. The molecule has 3 amide bonds. The molecule has 2 aromatic carbocycles. The van der Waals surface area contributed by atoms with E-state index in [9.17, 15) is 22.8 Å². The molecule has 1 aromatic heterocycles. The summed E-state index contributed by atoms with van der Waals surface area (Å²) in [6.45, 7) is 2.55. The van der Waals surface area contributed by atoms with Crippen molar-refractivity contribution in [2.75, 3.05) is 33.3 Å². The summed E-state index contributed by atoms with van der Waals surface area (Å²) in [6, 6.07) is 16.1. The van der Waals surface area contributed by atoms with Gasteiger partial charge in [0.25, 0.3) is 17.7 Å². The first kappa shape index (κ1) is 26.4. The maximum absolute atomic E-state index is 13.5. The van der Waals surface area contributed by atoms with Crippen molar-refractivity contribution in [3.8, 4) is 5.75 Å². The maximum atomic E-state index is 13.5. The quantitative estimate of drug-likeness (QED) is 0.492. The van der Waals surface area contributed by atoms with E-state index in [2.05, 4.69) is 5.32 Å². The van der Waals surface area contributed by atoms with Crippen molar-refractivity contribution < 1.29 is 27.5 Å². The van der Waals surface area contributed by atoms with Crippen molar-refractivity contribution >= 4 is 38.9 Å². The molecule has 1 unspecified atom stereocenters. The van der Waals surface area contributed by atoms with Gasteiger partial charge in [0.15, 0.2) is 0 Å². The van der Waals surface area contributed by atoms with Crippen LogP contribution in [-0.2, 0) is 14.6 Å². The summed E-state index contributed by atoms with van der Waals surface area (Å²) in [6.07, 6.45) is 0. The van der Waals surface area contributed by atoms with E-state index >= 15 is 0 Å². The molecule has 0 radical (unpaired) electrons. The van der Waals surface area contributed by atoms with Crippen LogP contribution in [0, 0.1) is 6.92 Å². The maximum Gasteiger partial charge on any atom is 0.262 e. The van der Waals surface area contributed by atoms with Gasteiger partial charge >= 0.3 is 0 Å². The molecule has 194 valence electrons. The number of benzene rings is 2. The minimum absolute atomic E-state index is 0.0590. The predicted octanol–water partition coefficient (Wildman–Crippen LogP) is 2.58. The Morgan fingerprint density at radius 1 is 0.919 bits per heavy atom. The van der Waals surface area contributed by atoms with Crippen LogP contribution in [0.1, 0.15) is 25.6 Å². The fraction of sp³-hybridized carbons (Fsp3) is 0.269. The Bertz CT molecular complexity index is 1360. The van der Waals surface area contributed by atoms with Crippen molar-refractivity contribution in [3.05, 3.63) is 82.0 Å². The molecule has 1 N–H and O–H groups in total. The fourth-order valence-corrected chi connectivity index (χ4v) is 6.04. The summed E-state index contributed by atoms with van der Waals surface area (Å²) in [5, 5.41) is 2.34. The van der Waals surface area contributed by atoms with Gasteiger partial charge in [0.1, 0.15) is 5.75 Å². The highest BCUT2D eigenvalue weighted by atomic mass is 32.2. The molecule has 0 bridgehead atoms. The molecule has 9 nitrogen and oxygen atoms in total. The van der Waals surface area contributed by atoms with Gasteiger partial charge in [0.05, 0.1) is 16.9 Å². The molecule has 37 heavy (non-hydrogen) atoms. The first-order valence-electron chi connectivity index (χ1n) is 11.6. The molecule has 3 aromatic rings. The third kappa shape index (κ3) is 5.83. The lowest BCUT2D eigenvalue weighted by Crippen LogP contribution is -2.57. The van der Waals surface area contributed by atoms with E-state index in [-0.39, 0.29) is 37.0 Å². The highest BCUT2D eigenvalue weighted by molar-refractivity contribution is 7.92. The number of sulfone groups is 1. The summed E-state index contributed by atoms with van der Waals surface area (Å²) in [5.74, 6) is -0.929. The number of carbonyl (C=O) groups is 3. The Balaban J connectivity index is 1.51. The molecule has 0 saturated carbocycles.